The molecule has 108 valence electrons. The summed E-state index contributed by atoms with van der Waals surface area (Å²) in [6.45, 7) is 8.18. The second kappa shape index (κ2) is 4.65. The topological polar surface area (TPSA) is 27.7 Å². The summed E-state index contributed by atoms with van der Waals surface area (Å²) in [4.78, 5) is 0. The van der Waals surface area contributed by atoms with Gasteiger partial charge in [0.25, 0.3) is 0 Å². The van der Waals surface area contributed by atoms with Gasteiger partial charge >= 0.3 is 7.12 Å². The van der Waals surface area contributed by atoms with E-state index in [1.165, 1.54) is 0 Å². The van der Waals surface area contributed by atoms with Crippen LogP contribution < -0.4 is 10.2 Å². The molecular formula is C15H20BClO3. The van der Waals surface area contributed by atoms with Crippen molar-refractivity contribution >= 4 is 24.2 Å². The minimum Gasteiger partial charge on any atom is -0.489 e. The highest BCUT2D eigenvalue weighted by molar-refractivity contribution is 6.62. The number of hydrogen-bond donors (Lipinski definition) is 0. The third-order valence-corrected chi connectivity index (χ3v) is 4.61. The molecule has 20 heavy (non-hydrogen) atoms. The maximum atomic E-state index is 6.18. The van der Waals surface area contributed by atoms with E-state index in [4.69, 9.17) is 25.6 Å². The fraction of sp³-hybridized carbons (Fsp3) is 0.600. The smallest absolute Gasteiger partial charge is 0.489 e. The van der Waals surface area contributed by atoms with Gasteiger partial charge < -0.3 is 14.0 Å². The first-order valence-corrected chi connectivity index (χ1v) is 7.48. The van der Waals surface area contributed by atoms with Gasteiger partial charge in [-0.15, -0.1) is 0 Å². The van der Waals surface area contributed by atoms with Crippen molar-refractivity contribution in [2.45, 2.75) is 57.8 Å². The Balaban J connectivity index is 1.84. The van der Waals surface area contributed by atoms with Crippen molar-refractivity contribution in [2.24, 2.45) is 0 Å². The Kier molecular flexibility index (Phi) is 3.31. The van der Waals surface area contributed by atoms with E-state index in [1.54, 1.807) is 0 Å². The zero-order chi connectivity index (χ0) is 14.5. The fourth-order valence-electron chi connectivity index (χ4n) is 2.10. The van der Waals surface area contributed by atoms with Crippen LogP contribution in [0.25, 0.3) is 0 Å². The molecule has 3 rings (SSSR count). The van der Waals surface area contributed by atoms with Crippen molar-refractivity contribution in [3.05, 3.63) is 23.2 Å². The predicted molar refractivity (Wildman–Crippen MR) is 80.8 cm³/mol. The summed E-state index contributed by atoms with van der Waals surface area (Å²) in [7, 11) is -0.376. The molecule has 0 amide bonds. The predicted octanol–water partition coefficient (Wildman–Crippen LogP) is 3.18. The van der Waals surface area contributed by atoms with Crippen LogP contribution in [0.5, 0.6) is 5.75 Å². The molecule has 0 atom stereocenters. The van der Waals surface area contributed by atoms with E-state index in [9.17, 15) is 0 Å². The average Bonchev–Trinajstić information content (AvgIpc) is 3.10. The van der Waals surface area contributed by atoms with Crippen molar-refractivity contribution < 1.29 is 14.0 Å². The summed E-state index contributed by atoms with van der Waals surface area (Å²) in [5, 5.41) is 0.636. The number of hydrogen-bond acceptors (Lipinski definition) is 3. The van der Waals surface area contributed by atoms with Gasteiger partial charge in [-0.1, -0.05) is 17.7 Å². The second-order valence-corrected chi connectivity index (χ2v) is 7.00. The highest BCUT2D eigenvalue weighted by Gasteiger charge is 2.51. The molecule has 2 fully saturated rings. The van der Waals surface area contributed by atoms with Crippen LogP contribution in [0, 0.1) is 0 Å². The molecule has 0 aromatic heterocycles. The average molecular weight is 295 g/mol. The van der Waals surface area contributed by atoms with E-state index in [0.29, 0.717) is 11.1 Å². The SMILES string of the molecule is CC1(C)OB(c2ccc(Cl)c(OC3CC3)c2)OC1(C)C. The van der Waals surface area contributed by atoms with Gasteiger partial charge in [-0.05, 0) is 58.1 Å². The van der Waals surface area contributed by atoms with E-state index in [1.807, 2.05) is 45.9 Å². The Morgan fingerprint density at radius 2 is 1.75 bits per heavy atom. The molecule has 1 aliphatic carbocycles. The highest BCUT2D eigenvalue weighted by Crippen LogP contribution is 2.37. The van der Waals surface area contributed by atoms with Gasteiger partial charge in [0, 0.05) is 0 Å². The number of rotatable bonds is 3. The minimum absolute atomic E-state index is 0.320. The molecule has 1 heterocycles. The Labute approximate surface area is 125 Å². The molecule has 0 radical (unpaired) electrons. The van der Waals surface area contributed by atoms with Gasteiger partial charge in [-0.2, -0.15) is 0 Å². The van der Waals surface area contributed by atoms with E-state index in [-0.39, 0.29) is 18.3 Å². The normalized spacial score (nSPS) is 23.9. The van der Waals surface area contributed by atoms with E-state index >= 15 is 0 Å². The summed E-state index contributed by atoms with van der Waals surface area (Å²) in [6.07, 6.45) is 2.54. The molecule has 5 heteroatoms. The van der Waals surface area contributed by atoms with Gasteiger partial charge in [-0.25, -0.2) is 0 Å². The van der Waals surface area contributed by atoms with Crippen molar-refractivity contribution in [3.63, 3.8) is 0 Å². The third kappa shape index (κ3) is 2.57. The van der Waals surface area contributed by atoms with Gasteiger partial charge in [0.05, 0.1) is 22.3 Å². The lowest BCUT2D eigenvalue weighted by Gasteiger charge is -2.32. The van der Waals surface area contributed by atoms with Gasteiger partial charge in [0.15, 0.2) is 0 Å². The van der Waals surface area contributed by atoms with Crippen LogP contribution in [-0.4, -0.2) is 24.4 Å². The van der Waals surface area contributed by atoms with E-state index < -0.39 is 0 Å². The first-order valence-electron chi connectivity index (χ1n) is 7.10. The molecular weight excluding hydrogens is 274 g/mol. The molecule has 1 saturated carbocycles. The van der Waals surface area contributed by atoms with Crippen molar-refractivity contribution in [2.75, 3.05) is 0 Å². The molecule has 1 saturated heterocycles. The number of ether oxygens (including phenoxy) is 1. The van der Waals surface area contributed by atoms with Crippen molar-refractivity contribution in [3.8, 4) is 5.75 Å². The monoisotopic (exact) mass is 294 g/mol. The highest BCUT2D eigenvalue weighted by atomic mass is 35.5. The first-order chi connectivity index (χ1) is 9.28. The summed E-state index contributed by atoms with van der Waals surface area (Å²) in [5.74, 6) is 0.723. The maximum Gasteiger partial charge on any atom is 0.494 e. The van der Waals surface area contributed by atoms with E-state index in [2.05, 4.69) is 0 Å². The Morgan fingerprint density at radius 1 is 1.15 bits per heavy atom. The molecule has 0 spiro atoms. The molecule has 3 nitrogen and oxygen atoms in total. The summed E-state index contributed by atoms with van der Waals surface area (Å²) in [5.41, 5.74) is 0.271. The van der Waals surface area contributed by atoms with Crippen LogP contribution in [0.3, 0.4) is 0 Å². The summed E-state index contributed by atoms with van der Waals surface area (Å²) >= 11 is 6.18. The number of benzene rings is 1. The summed E-state index contributed by atoms with van der Waals surface area (Å²) in [6, 6.07) is 5.71. The standard InChI is InChI=1S/C15H20BClO3/c1-14(2)15(3,4)20-16(19-14)10-5-8-12(17)13(9-10)18-11-6-7-11/h5,8-9,11H,6-7H2,1-4H3. The van der Waals surface area contributed by atoms with Crippen LogP contribution >= 0.6 is 11.6 Å². The molecule has 0 N–H and O–H groups in total. The van der Waals surface area contributed by atoms with Crippen LogP contribution in [-0.2, 0) is 9.31 Å². The van der Waals surface area contributed by atoms with Crippen LogP contribution in [0.1, 0.15) is 40.5 Å². The number of halogens is 1. The third-order valence-electron chi connectivity index (χ3n) is 4.30. The lowest BCUT2D eigenvalue weighted by Crippen LogP contribution is -2.41. The Morgan fingerprint density at radius 3 is 2.30 bits per heavy atom. The molecule has 0 unspecified atom stereocenters. The molecule has 1 aliphatic heterocycles. The summed E-state index contributed by atoms with van der Waals surface area (Å²) < 4.78 is 17.9. The molecule has 0 bridgehead atoms. The molecule has 1 aromatic rings. The van der Waals surface area contributed by atoms with E-state index in [0.717, 1.165) is 24.1 Å². The molecule has 1 aromatic carbocycles. The zero-order valence-corrected chi connectivity index (χ0v) is 13.2. The van der Waals surface area contributed by atoms with Gasteiger partial charge in [-0.3, -0.25) is 0 Å². The largest absolute Gasteiger partial charge is 0.494 e. The van der Waals surface area contributed by atoms with Crippen molar-refractivity contribution in [1.82, 2.24) is 0 Å². The van der Waals surface area contributed by atoms with Gasteiger partial charge in [0.2, 0.25) is 0 Å². The quantitative estimate of drug-likeness (QED) is 0.801. The Bertz CT molecular complexity index is 510. The van der Waals surface area contributed by atoms with Crippen molar-refractivity contribution in [1.29, 1.82) is 0 Å². The fourth-order valence-corrected chi connectivity index (χ4v) is 2.26. The minimum atomic E-state index is -0.376. The van der Waals surface area contributed by atoms with Crippen LogP contribution in [0.2, 0.25) is 5.02 Å². The van der Waals surface area contributed by atoms with Gasteiger partial charge in [0.1, 0.15) is 5.75 Å². The van der Waals surface area contributed by atoms with Crippen LogP contribution in [0.15, 0.2) is 18.2 Å². The Hall–Kier alpha value is -0.705. The maximum absolute atomic E-state index is 6.18. The zero-order valence-electron chi connectivity index (χ0n) is 12.4. The second-order valence-electron chi connectivity index (χ2n) is 6.60. The first kappa shape index (κ1) is 14.2. The molecule has 2 aliphatic rings. The lowest BCUT2D eigenvalue weighted by molar-refractivity contribution is 0.00578. The lowest BCUT2D eigenvalue weighted by atomic mass is 9.79. The van der Waals surface area contributed by atoms with Crippen LogP contribution in [0.4, 0.5) is 0 Å².